The lowest BCUT2D eigenvalue weighted by Gasteiger charge is -2.36. The van der Waals surface area contributed by atoms with Crippen LogP contribution in [0.1, 0.15) is 0 Å². The van der Waals surface area contributed by atoms with Crippen LogP contribution in [0.5, 0.6) is 0 Å². The number of fused-ring (bicyclic) bond motifs is 3. The number of hydrogen-bond acceptors (Lipinski definition) is 0. The molecule has 0 atom stereocenters. The molecule has 1 heterocycles. The van der Waals surface area contributed by atoms with Gasteiger partial charge < -0.3 is 4.57 Å². The number of benzene rings is 7. The molecule has 0 bridgehead atoms. The Labute approximate surface area is 281 Å². The molecule has 0 N–H and O–H groups in total. The zero-order chi connectivity index (χ0) is 32.5. The number of hydrogen-bond donors (Lipinski definition) is 0. The Kier molecular flexibility index (Phi) is 7.27. The minimum absolute atomic E-state index is 0.575. The van der Waals surface area contributed by atoms with Crippen molar-refractivity contribution < 1.29 is 0 Å². The molecule has 0 saturated heterocycles. The number of aromatic nitrogens is 1. The summed E-state index contributed by atoms with van der Waals surface area (Å²) in [6, 6.07) is 62.0. The van der Waals surface area contributed by atoms with Crippen molar-refractivity contribution in [2.75, 3.05) is 0 Å². The third-order valence-corrected chi connectivity index (χ3v) is 14.2. The molecule has 1 aromatic heterocycles. The summed E-state index contributed by atoms with van der Waals surface area (Å²) in [4.78, 5) is 7.71. The molecule has 8 rings (SSSR count). The van der Waals surface area contributed by atoms with E-state index in [1.165, 1.54) is 20.7 Å². The fraction of sp³-hybridized carbons (Fsp3) is 0. The molecule has 0 aliphatic carbocycles. The predicted molar refractivity (Wildman–Crippen MR) is 202 cm³/mol. The van der Waals surface area contributed by atoms with Crippen LogP contribution in [0.3, 0.4) is 0 Å². The van der Waals surface area contributed by atoms with Gasteiger partial charge in [-0.05, 0) is 61.5 Å². The SMILES string of the molecule is [C-]#[N+]c1ccc2c(c1)c1ccccc1n2-c1cc(-c2ccccc2[Si](c2ccccc2)(c2ccccc2)c2ccccc2)ccc1[N+]#[C-]. The number of nitrogens with zero attached hydrogens (tertiary/aromatic N) is 3. The van der Waals surface area contributed by atoms with Gasteiger partial charge >= 0.3 is 0 Å². The molecule has 0 radical (unpaired) electrons. The van der Waals surface area contributed by atoms with E-state index < -0.39 is 8.07 Å². The van der Waals surface area contributed by atoms with Gasteiger partial charge in [-0.1, -0.05) is 152 Å². The highest BCUT2D eigenvalue weighted by atomic mass is 28.3. The zero-order valence-corrected chi connectivity index (χ0v) is 27.1. The Morgan fingerprint density at radius 1 is 0.458 bits per heavy atom. The molecule has 7 aromatic carbocycles. The molecule has 0 spiro atoms. The first-order chi connectivity index (χ1) is 23.7. The van der Waals surface area contributed by atoms with Crippen molar-refractivity contribution in [3.63, 3.8) is 0 Å². The van der Waals surface area contributed by atoms with E-state index in [-0.39, 0.29) is 0 Å². The second-order valence-electron chi connectivity index (χ2n) is 11.9. The number of rotatable bonds is 6. The Hall–Kier alpha value is -6.46. The zero-order valence-electron chi connectivity index (χ0n) is 26.1. The third-order valence-electron chi connectivity index (χ3n) is 9.38. The maximum absolute atomic E-state index is 8.20. The first-order valence-corrected chi connectivity index (χ1v) is 17.9. The maximum atomic E-state index is 8.20. The molecule has 224 valence electrons. The van der Waals surface area contributed by atoms with E-state index in [4.69, 9.17) is 13.1 Å². The lowest BCUT2D eigenvalue weighted by Crippen LogP contribution is -2.75. The van der Waals surface area contributed by atoms with Crippen LogP contribution in [0.25, 0.3) is 48.3 Å². The van der Waals surface area contributed by atoms with Crippen LogP contribution in [-0.4, -0.2) is 12.6 Å². The van der Waals surface area contributed by atoms with Crippen molar-refractivity contribution in [2.24, 2.45) is 0 Å². The highest BCUT2D eigenvalue weighted by Gasteiger charge is 2.42. The van der Waals surface area contributed by atoms with Gasteiger partial charge in [0, 0.05) is 5.39 Å². The lowest BCUT2D eigenvalue weighted by molar-refractivity contribution is 1.19. The van der Waals surface area contributed by atoms with Crippen molar-refractivity contribution in [3.8, 4) is 16.8 Å². The molecule has 0 aliphatic heterocycles. The monoisotopic (exact) mass is 627 g/mol. The summed E-state index contributed by atoms with van der Waals surface area (Å²) in [5.74, 6) is 0. The summed E-state index contributed by atoms with van der Waals surface area (Å²) < 4.78 is 2.19. The molecule has 3 nitrogen and oxygen atoms in total. The van der Waals surface area contributed by atoms with Gasteiger partial charge in [-0.25, -0.2) is 9.69 Å². The van der Waals surface area contributed by atoms with E-state index >= 15 is 0 Å². The van der Waals surface area contributed by atoms with Crippen molar-refractivity contribution in [2.45, 2.75) is 0 Å². The van der Waals surface area contributed by atoms with Gasteiger partial charge in [0.1, 0.15) is 0 Å². The largest absolute Gasteiger partial charge is 0.319 e. The minimum Gasteiger partial charge on any atom is -0.319 e. The lowest BCUT2D eigenvalue weighted by atomic mass is 10.0. The van der Waals surface area contributed by atoms with Crippen LogP contribution in [0.2, 0.25) is 0 Å². The first kappa shape index (κ1) is 29.0. The normalized spacial score (nSPS) is 11.3. The van der Waals surface area contributed by atoms with Gasteiger partial charge in [0.05, 0.1) is 29.9 Å². The second kappa shape index (κ2) is 12.0. The molecule has 0 fully saturated rings. The smallest absolute Gasteiger partial charge is 0.210 e. The van der Waals surface area contributed by atoms with Crippen LogP contribution >= 0.6 is 0 Å². The van der Waals surface area contributed by atoms with Gasteiger partial charge in [-0.3, -0.25) is 0 Å². The summed E-state index contributed by atoms with van der Waals surface area (Å²) in [5.41, 5.74) is 6.18. The fourth-order valence-corrected chi connectivity index (χ4v) is 12.3. The molecule has 0 aliphatic rings. The first-order valence-electron chi connectivity index (χ1n) is 15.9. The van der Waals surface area contributed by atoms with E-state index in [0.717, 1.165) is 38.6 Å². The third kappa shape index (κ3) is 4.55. The topological polar surface area (TPSA) is 13.6 Å². The predicted octanol–water partition coefficient (Wildman–Crippen LogP) is 8.93. The van der Waals surface area contributed by atoms with Crippen LogP contribution in [-0.2, 0) is 0 Å². The second-order valence-corrected chi connectivity index (χ2v) is 15.6. The van der Waals surface area contributed by atoms with Crippen LogP contribution in [0.4, 0.5) is 11.4 Å². The molecular formula is C44H29N3Si. The highest BCUT2D eigenvalue weighted by molar-refractivity contribution is 7.20. The Morgan fingerprint density at radius 3 is 1.65 bits per heavy atom. The van der Waals surface area contributed by atoms with E-state index in [1.807, 2.05) is 36.4 Å². The maximum Gasteiger partial charge on any atom is 0.210 e. The Balaban J connectivity index is 1.45. The Morgan fingerprint density at radius 2 is 1.02 bits per heavy atom. The van der Waals surface area contributed by atoms with Crippen molar-refractivity contribution >= 4 is 62.0 Å². The van der Waals surface area contributed by atoms with E-state index in [1.54, 1.807) is 0 Å². The van der Waals surface area contributed by atoms with Gasteiger partial charge in [0.25, 0.3) is 0 Å². The molecule has 0 saturated carbocycles. The standard InChI is InChI=1S/C44H29N3Si/c1-45-33-27-29-42-39(31-33)38-23-12-14-24-41(38)47(42)43-30-32(26-28-40(43)46-2)37-22-13-15-25-44(37)48(34-16-6-3-7-17-34,35-18-8-4-9-19-35)36-20-10-5-11-21-36/h3-31H. The summed E-state index contributed by atoms with van der Waals surface area (Å²) >= 11 is 0. The minimum atomic E-state index is -2.83. The van der Waals surface area contributed by atoms with Crippen LogP contribution < -0.4 is 20.7 Å². The fourth-order valence-electron chi connectivity index (χ4n) is 7.35. The van der Waals surface area contributed by atoms with Crippen molar-refractivity contribution in [1.82, 2.24) is 4.57 Å². The number of para-hydroxylation sites is 1. The average molecular weight is 628 g/mol. The van der Waals surface area contributed by atoms with E-state index in [9.17, 15) is 0 Å². The van der Waals surface area contributed by atoms with Crippen molar-refractivity contribution in [1.29, 1.82) is 0 Å². The van der Waals surface area contributed by atoms with Gasteiger partial charge in [0.15, 0.2) is 13.8 Å². The van der Waals surface area contributed by atoms with Gasteiger partial charge in [-0.15, -0.1) is 0 Å². The Bertz CT molecular complexity index is 2430. The molecule has 0 amide bonds. The molecule has 48 heavy (non-hydrogen) atoms. The summed E-state index contributed by atoms with van der Waals surface area (Å²) in [7, 11) is -2.83. The van der Waals surface area contributed by atoms with E-state index in [2.05, 4.69) is 154 Å². The summed E-state index contributed by atoms with van der Waals surface area (Å²) in [6.07, 6.45) is 0. The average Bonchev–Trinajstić information content (AvgIpc) is 3.50. The van der Waals surface area contributed by atoms with Gasteiger partial charge in [-0.2, -0.15) is 0 Å². The molecule has 0 unspecified atom stereocenters. The van der Waals surface area contributed by atoms with Gasteiger partial charge in [0.2, 0.25) is 5.69 Å². The highest BCUT2D eigenvalue weighted by Crippen LogP contribution is 2.38. The molecular weight excluding hydrogens is 599 g/mol. The van der Waals surface area contributed by atoms with Crippen LogP contribution in [0, 0.1) is 13.1 Å². The van der Waals surface area contributed by atoms with E-state index in [0.29, 0.717) is 11.4 Å². The molecule has 4 heteroatoms. The van der Waals surface area contributed by atoms with Crippen molar-refractivity contribution in [3.05, 3.63) is 199 Å². The molecule has 8 aromatic rings. The summed E-state index contributed by atoms with van der Waals surface area (Å²) in [6.45, 7) is 15.8. The quantitative estimate of drug-likeness (QED) is 0.0993. The van der Waals surface area contributed by atoms with Crippen LogP contribution in [0.15, 0.2) is 176 Å². The summed E-state index contributed by atoms with van der Waals surface area (Å²) in [5, 5.41) is 7.29.